The quantitative estimate of drug-likeness (QED) is 0.730. The molecule has 3 heterocycles. The Bertz CT molecular complexity index is 744. The van der Waals surface area contributed by atoms with Gasteiger partial charge in [0.25, 0.3) is 11.4 Å². The number of rotatable bonds is 3. The van der Waals surface area contributed by atoms with E-state index in [9.17, 15) is 4.79 Å². The molecule has 0 amide bonds. The van der Waals surface area contributed by atoms with Gasteiger partial charge in [-0.25, -0.2) is 4.98 Å². The zero-order chi connectivity index (χ0) is 12.5. The van der Waals surface area contributed by atoms with Gasteiger partial charge in [-0.15, -0.1) is 21.5 Å². The zero-order valence-corrected chi connectivity index (χ0v) is 10.1. The molecule has 0 spiro atoms. The third-order valence-electron chi connectivity index (χ3n) is 2.40. The maximum Gasteiger partial charge on any atom is 0.271 e. The second kappa shape index (κ2) is 4.31. The maximum atomic E-state index is 12.1. The Morgan fingerprint density at radius 2 is 2.33 bits per heavy atom. The van der Waals surface area contributed by atoms with Gasteiger partial charge in [-0.2, -0.15) is 0 Å². The molecule has 0 aliphatic heterocycles. The average Bonchev–Trinajstić information content (AvgIpc) is 2.99. The molecule has 0 saturated heterocycles. The fourth-order valence-electron chi connectivity index (χ4n) is 1.56. The summed E-state index contributed by atoms with van der Waals surface area (Å²) in [5, 5.41) is 9.45. The Balaban J connectivity index is 2.12. The first kappa shape index (κ1) is 11.1. The predicted octanol–water partition coefficient (Wildman–Crippen LogP) is 0.307. The van der Waals surface area contributed by atoms with Gasteiger partial charge in [-0.3, -0.25) is 9.20 Å². The molecule has 3 rings (SSSR count). The minimum Gasteiger partial charge on any atom is -0.420 e. The van der Waals surface area contributed by atoms with Crippen LogP contribution in [0.2, 0.25) is 0 Å². The van der Waals surface area contributed by atoms with Gasteiger partial charge < -0.3 is 10.2 Å². The molecule has 0 atom stereocenters. The average molecular weight is 263 g/mol. The summed E-state index contributed by atoms with van der Waals surface area (Å²) >= 11 is 1.39. The number of thiazole rings is 1. The topological polar surface area (TPSA) is 99.3 Å². The molecule has 92 valence electrons. The highest BCUT2D eigenvalue weighted by Gasteiger charge is 2.14. The number of hydrogen-bond acceptors (Lipinski definition) is 7. The van der Waals surface area contributed by atoms with Crippen molar-refractivity contribution in [3.63, 3.8) is 0 Å². The van der Waals surface area contributed by atoms with Crippen molar-refractivity contribution in [2.24, 2.45) is 5.73 Å². The Morgan fingerprint density at radius 3 is 3.17 bits per heavy atom. The minimum atomic E-state index is -0.218. The first-order valence-electron chi connectivity index (χ1n) is 5.27. The zero-order valence-electron chi connectivity index (χ0n) is 9.24. The predicted molar refractivity (Wildman–Crippen MR) is 65.4 cm³/mol. The van der Waals surface area contributed by atoms with Crippen molar-refractivity contribution >= 4 is 16.3 Å². The molecular weight excluding hydrogens is 254 g/mol. The summed E-state index contributed by atoms with van der Waals surface area (Å²) in [7, 11) is 0. The molecule has 2 N–H and O–H groups in total. The van der Waals surface area contributed by atoms with Crippen LogP contribution in [0.1, 0.15) is 5.89 Å². The lowest BCUT2D eigenvalue weighted by molar-refractivity contribution is 0.506. The van der Waals surface area contributed by atoms with E-state index in [1.165, 1.54) is 21.9 Å². The standard InChI is InChI=1S/C10H9N5O2S/c11-2-1-7-13-14-8(17-7)6-5-12-10-15(9(6)16)3-4-18-10/h3-5H,1-2,11H2. The second-order valence-electron chi connectivity index (χ2n) is 3.57. The van der Waals surface area contributed by atoms with E-state index in [2.05, 4.69) is 15.2 Å². The van der Waals surface area contributed by atoms with Crippen LogP contribution in [0.5, 0.6) is 0 Å². The molecule has 8 heteroatoms. The smallest absolute Gasteiger partial charge is 0.271 e. The monoisotopic (exact) mass is 263 g/mol. The molecule has 3 aromatic heterocycles. The Hall–Kier alpha value is -2.06. The summed E-state index contributed by atoms with van der Waals surface area (Å²) in [5.74, 6) is 0.596. The number of fused-ring (bicyclic) bond motifs is 1. The van der Waals surface area contributed by atoms with E-state index in [0.29, 0.717) is 29.4 Å². The van der Waals surface area contributed by atoms with Crippen LogP contribution in [0.25, 0.3) is 16.4 Å². The van der Waals surface area contributed by atoms with Gasteiger partial charge in [0.2, 0.25) is 5.89 Å². The normalized spacial score (nSPS) is 11.2. The largest absolute Gasteiger partial charge is 0.420 e. The van der Waals surface area contributed by atoms with Gasteiger partial charge in [0.1, 0.15) is 5.56 Å². The van der Waals surface area contributed by atoms with E-state index in [0.717, 1.165) is 0 Å². The van der Waals surface area contributed by atoms with Crippen molar-refractivity contribution in [2.45, 2.75) is 6.42 Å². The molecule has 0 radical (unpaired) electrons. The molecule has 0 saturated carbocycles. The molecule has 0 bridgehead atoms. The third kappa shape index (κ3) is 1.71. The van der Waals surface area contributed by atoms with E-state index in [1.807, 2.05) is 0 Å². The van der Waals surface area contributed by atoms with Gasteiger partial charge in [-0.1, -0.05) is 0 Å². The molecule has 18 heavy (non-hydrogen) atoms. The maximum absolute atomic E-state index is 12.1. The highest BCUT2D eigenvalue weighted by molar-refractivity contribution is 7.15. The van der Waals surface area contributed by atoms with Gasteiger partial charge in [0, 0.05) is 30.7 Å². The van der Waals surface area contributed by atoms with E-state index < -0.39 is 0 Å². The van der Waals surface area contributed by atoms with Gasteiger partial charge in [0.15, 0.2) is 4.96 Å². The number of hydrogen-bond donors (Lipinski definition) is 1. The number of nitrogens with zero attached hydrogens (tertiary/aromatic N) is 4. The molecule has 0 unspecified atom stereocenters. The lowest BCUT2D eigenvalue weighted by Gasteiger charge is -1.95. The SMILES string of the molecule is NCCc1nnc(-c2cnc3sccn3c2=O)o1. The van der Waals surface area contributed by atoms with Crippen LogP contribution < -0.4 is 11.3 Å². The Kier molecular flexibility index (Phi) is 2.65. The summed E-state index contributed by atoms with van der Waals surface area (Å²) in [5.41, 5.74) is 5.47. The molecule has 0 fully saturated rings. The lowest BCUT2D eigenvalue weighted by atomic mass is 10.3. The van der Waals surface area contributed by atoms with Crippen LogP contribution in [0.15, 0.2) is 27.0 Å². The fourth-order valence-corrected chi connectivity index (χ4v) is 2.23. The van der Waals surface area contributed by atoms with Crippen molar-refractivity contribution < 1.29 is 4.42 Å². The third-order valence-corrected chi connectivity index (χ3v) is 3.17. The second-order valence-corrected chi connectivity index (χ2v) is 4.45. The fraction of sp³-hybridized carbons (Fsp3) is 0.200. The molecule has 0 aromatic carbocycles. The summed E-state index contributed by atoms with van der Waals surface area (Å²) in [4.78, 5) is 16.9. The highest BCUT2D eigenvalue weighted by Crippen LogP contribution is 2.15. The highest BCUT2D eigenvalue weighted by atomic mass is 32.1. The van der Waals surface area contributed by atoms with Crippen LogP contribution in [0.3, 0.4) is 0 Å². The first-order chi connectivity index (χ1) is 8.79. The van der Waals surface area contributed by atoms with Crippen molar-refractivity contribution in [1.29, 1.82) is 0 Å². The van der Waals surface area contributed by atoms with Crippen LogP contribution in [-0.4, -0.2) is 26.1 Å². The molecule has 0 aliphatic rings. The summed E-state index contributed by atoms with van der Waals surface area (Å²) in [6.45, 7) is 0.419. The Labute approximate surface area is 105 Å². The van der Waals surface area contributed by atoms with Crippen LogP contribution in [-0.2, 0) is 6.42 Å². The van der Waals surface area contributed by atoms with Crippen LogP contribution >= 0.6 is 11.3 Å². The van der Waals surface area contributed by atoms with Gasteiger partial charge in [-0.05, 0) is 0 Å². The minimum absolute atomic E-state index is 0.177. The van der Waals surface area contributed by atoms with E-state index in [-0.39, 0.29) is 11.4 Å². The van der Waals surface area contributed by atoms with Crippen LogP contribution in [0, 0.1) is 0 Å². The number of aromatic nitrogens is 4. The van der Waals surface area contributed by atoms with Crippen molar-refractivity contribution in [3.8, 4) is 11.5 Å². The van der Waals surface area contributed by atoms with E-state index in [1.54, 1.807) is 11.6 Å². The first-order valence-corrected chi connectivity index (χ1v) is 6.15. The van der Waals surface area contributed by atoms with E-state index >= 15 is 0 Å². The van der Waals surface area contributed by atoms with Gasteiger partial charge in [0.05, 0.1) is 0 Å². The van der Waals surface area contributed by atoms with Crippen molar-refractivity contribution in [1.82, 2.24) is 19.6 Å². The molecular formula is C10H9N5O2S. The molecule has 3 aromatic rings. The summed E-state index contributed by atoms with van der Waals surface area (Å²) in [6, 6.07) is 0. The van der Waals surface area contributed by atoms with E-state index in [4.69, 9.17) is 10.2 Å². The van der Waals surface area contributed by atoms with Crippen molar-refractivity contribution in [3.05, 3.63) is 34.0 Å². The van der Waals surface area contributed by atoms with Gasteiger partial charge >= 0.3 is 0 Å². The summed E-state index contributed by atoms with van der Waals surface area (Å²) in [6.07, 6.45) is 3.60. The molecule has 7 nitrogen and oxygen atoms in total. The van der Waals surface area contributed by atoms with Crippen molar-refractivity contribution in [2.75, 3.05) is 6.54 Å². The molecule has 0 aliphatic carbocycles. The lowest BCUT2D eigenvalue weighted by Crippen LogP contribution is -2.14. The Morgan fingerprint density at radius 1 is 1.44 bits per heavy atom. The van der Waals surface area contributed by atoms with Crippen LogP contribution in [0.4, 0.5) is 0 Å². The number of nitrogens with two attached hydrogens (primary N) is 1. The summed E-state index contributed by atoms with van der Waals surface area (Å²) < 4.78 is 6.82.